The first-order chi connectivity index (χ1) is 12.1. The molecule has 0 spiro atoms. The molecule has 1 aromatic carbocycles. The SMILES string of the molecule is CCCc1cc(C(=O)N2CCN(c3cccc(C#N)c3)CC2)n(C)n1. The highest BCUT2D eigenvalue weighted by molar-refractivity contribution is 5.92. The molecule has 1 fully saturated rings. The molecule has 3 rings (SSSR count). The zero-order valence-corrected chi connectivity index (χ0v) is 14.8. The third-order valence-electron chi connectivity index (χ3n) is 4.56. The van der Waals surface area contributed by atoms with Gasteiger partial charge in [0.05, 0.1) is 17.3 Å². The van der Waals surface area contributed by atoms with Gasteiger partial charge >= 0.3 is 0 Å². The molecule has 0 N–H and O–H groups in total. The lowest BCUT2D eigenvalue weighted by atomic mass is 10.2. The minimum Gasteiger partial charge on any atom is -0.368 e. The van der Waals surface area contributed by atoms with Crippen LogP contribution in [0.15, 0.2) is 30.3 Å². The number of carbonyl (C=O) groups is 1. The zero-order valence-electron chi connectivity index (χ0n) is 14.8. The van der Waals surface area contributed by atoms with Crippen LogP contribution in [0.3, 0.4) is 0 Å². The number of aromatic nitrogens is 2. The maximum atomic E-state index is 12.8. The summed E-state index contributed by atoms with van der Waals surface area (Å²) in [5, 5.41) is 13.5. The molecule has 2 aromatic rings. The number of hydrogen-bond donors (Lipinski definition) is 0. The van der Waals surface area contributed by atoms with Gasteiger partial charge in [-0.25, -0.2) is 0 Å². The van der Waals surface area contributed by atoms with Gasteiger partial charge in [-0.05, 0) is 30.7 Å². The molecule has 25 heavy (non-hydrogen) atoms. The summed E-state index contributed by atoms with van der Waals surface area (Å²) in [6.45, 7) is 4.98. The fraction of sp³-hybridized carbons (Fsp3) is 0.421. The maximum absolute atomic E-state index is 12.8. The standard InChI is InChI=1S/C19H23N5O/c1-3-5-16-13-18(22(2)21-16)19(25)24-10-8-23(9-11-24)17-7-4-6-15(12-17)14-20/h4,6-7,12-13H,3,5,8-11H2,1-2H3. The van der Waals surface area contributed by atoms with Crippen LogP contribution in [0.2, 0.25) is 0 Å². The summed E-state index contributed by atoms with van der Waals surface area (Å²) in [5.74, 6) is 0.0442. The van der Waals surface area contributed by atoms with Gasteiger partial charge in [-0.3, -0.25) is 9.48 Å². The van der Waals surface area contributed by atoms with E-state index in [1.807, 2.05) is 36.2 Å². The minimum atomic E-state index is 0.0442. The second-order valence-electron chi connectivity index (χ2n) is 6.34. The van der Waals surface area contributed by atoms with Crippen LogP contribution in [0.5, 0.6) is 0 Å². The van der Waals surface area contributed by atoms with Gasteiger partial charge in [0.2, 0.25) is 0 Å². The summed E-state index contributed by atoms with van der Waals surface area (Å²) in [4.78, 5) is 16.9. The van der Waals surface area contributed by atoms with E-state index >= 15 is 0 Å². The molecule has 0 unspecified atom stereocenters. The summed E-state index contributed by atoms with van der Waals surface area (Å²) in [7, 11) is 1.83. The Kier molecular flexibility index (Phi) is 5.03. The van der Waals surface area contributed by atoms with E-state index in [-0.39, 0.29) is 5.91 Å². The van der Waals surface area contributed by atoms with E-state index < -0.39 is 0 Å². The average Bonchev–Trinajstić information content (AvgIpc) is 3.02. The van der Waals surface area contributed by atoms with Crippen molar-refractivity contribution in [3.63, 3.8) is 0 Å². The number of nitriles is 1. The molecular formula is C19H23N5O. The second-order valence-corrected chi connectivity index (χ2v) is 6.34. The monoisotopic (exact) mass is 337 g/mol. The van der Waals surface area contributed by atoms with Crippen LogP contribution < -0.4 is 4.90 Å². The van der Waals surface area contributed by atoms with Crippen molar-refractivity contribution in [2.75, 3.05) is 31.1 Å². The van der Waals surface area contributed by atoms with Crippen molar-refractivity contribution in [3.05, 3.63) is 47.3 Å². The van der Waals surface area contributed by atoms with E-state index in [9.17, 15) is 4.79 Å². The number of benzene rings is 1. The van der Waals surface area contributed by atoms with Crippen molar-refractivity contribution in [1.82, 2.24) is 14.7 Å². The zero-order chi connectivity index (χ0) is 17.8. The van der Waals surface area contributed by atoms with Crippen LogP contribution in [-0.2, 0) is 13.5 Å². The molecule has 0 aliphatic carbocycles. The summed E-state index contributed by atoms with van der Waals surface area (Å²) >= 11 is 0. The van der Waals surface area contributed by atoms with E-state index in [0.29, 0.717) is 24.3 Å². The number of amides is 1. The van der Waals surface area contributed by atoms with E-state index in [2.05, 4.69) is 23.0 Å². The Balaban J connectivity index is 1.65. The highest BCUT2D eigenvalue weighted by Crippen LogP contribution is 2.19. The third kappa shape index (κ3) is 3.66. The first-order valence-electron chi connectivity index (χ1n) is 8.69. The van der Waals surface area contributed by atoms with E-state index in [0.717, 1.165) is 37.3 Å². The summed E-state index contributed by atoms with van der Waals surface area (Å²) < 4.78 is 1.69. The largest absolute Gasteiger partial charge is 0.368 e. The van der Waals surface area contributed by atoms with Crippen molar-refractivity contribution in [2.24, 2.45) is 7.05 Å². The van der Waals surface area contributed by atoms with Gasteiger partial charge < -0.3 is 9.80 Å². The lowest BCUT2D eigenvalue weighted by molar-refractivity contribution is 0.0735. The normalized spacial score (nSPS) is 14.4. The molecule has 1 saturated heterocycles. The predicted molar refractivity (Wildman–Crippen MR) is 96.5 cm³/mol. The van der Waals surface area contributed by atoms with E-state index in [1.165, 1.54) is 0 Å². The molecule has 1 aliphatic rings. The van der Waals surface area contributed by atoms with Crippen LogP contribution >= 0.6 is 0 Å². The number of aryl methyl sites for hydroxylation is 2. The maximum Gasteiger partial charge on any atom is 0.272 e. The predicted octanol–water partition coefficient (Wildman–Crippen LogP) is 2.21. The van der Waals surface area contributed by atoms with Gasteiger partial charge in [0.1, 0.15) is 5.69 Å². The van der Waals surface area contributed by atoms with Crippen molar-refractivity contribution in [3.8, 4) is 6.07 Å². The molecule has 130 valence electrons. The number of hydrogen-bond acceptors (Lipinski definition) is 4. The Morgan fingerprint density at radius 2 is 2.00 bits per heavy atom. The first-order valence-corrected chi connectivity index (χ1v) is 8.69. The second kappa shape index (κ2) is 7.39. The van der Waals surface area contributed by atoms with Crippen LogP contribution in [-0.4, -0.2) is 46.8 Å². The molecule has 0 bridgehead atoms. The van der Waals surface area contributed by atoms with Crippen LogP contribution in [0.1, 0.15) is 35.1 Å². The van der Waals surface area contributed by atoms with Gasteiger partial charge in [-0.2, -0.15) is 10.4 Å². The average molecular weight is 337 g/mol. The van der Waals surface area contributed by atoms with Crippen molar-refractivity contribution < 1.29 is 4.79 Å². The van der Waals surface area contributed by atoms with Crippen LogP contribution in [0, 0.1) is 11.3 Å². The van der Waals surface area contributed by atoms with Crippen molar-refractivity contribution in [2.45, 2.75) is 19.8 Å². The number of carbonyl (C=O) groups excluding carboxylic acids is 1. The molecule has 1 aromatic heterocycles. The van der Waals surface area contributed by atoms with Crippen LogP contribution in [0.4, 0.5) is 5.69 Å². The quantitative estimate of drug-likeness (QED) is 0.858. The lowest BCUT2D eigenvalue weighted by Gasteiger charge is -2.36. The molecule has 1 amide bonds. The smallest absolute Gasteiger partial charge is 0.272 e. The highest BCUT2D eigenvalue weighted by Gasteiger charge is 2.24. The molecule has 1 aliphatic heterocycles. The fourth-order valence-electron chi connectivity index (χ4n) is 3.21. The first kappa shape index (κ1) is 17.0. The Labute approximate surface area is 148 Å². The van der Waals surface area contributed by atoms with Crippen molar-refractivity contribution >= 4 is 11.6 Å². The Morgan fingerprint density at radius 3 is 2.68 bits per heavy atom. The summed E-state index contributed by atoms with van der Waals surface area (Å²) in [6, 6.07) is 11.7. The topological polar surface area (TPSA) is 65.2 Å². The fourth-order valence-corrected chi connectivity index (χ4v) is 3.21. The summed E-state index contributed by atoms with van der Waals surface area (Å²) in [6.07, 6.45) is 1.91. The highest BCUT2D eigenvalue weighted by atomic mass is 16.2. The summed E-state index contributed by atoms with van der Waals surface area (Å²) in [5.41, 5.74) is 3.33. The van der Waals surface area contributed by atoms with Gasteiger partial charge in [-0.1, -0.05) is 19.4 Å². The number of anilines is 1. The third-order valence-corrected chi connectivity index (χ3v) is 4.56. The van der Waals surface area contributed by atoms with E-state index in [4.69, 9.17) is 5.26 Å². The molecule has 6 nitrogen and oxygen atoms in total. The number of nitrogens with zero attached hydrogens (tertiary/aromatic N) is 5. The molecule has 0 atom stereocenters. The Bertz CT molecular complexity index is 796. The Morgan fingerprint density at radius 1 is 1.24 bits per heavy atom. The van der Waals surface area contributed by atoms with Crippen molar-refractivity contribution in [1.29, 1.82) is 5.26 Å². The van der Waals surface area contributed by atoms with Gasteiger partial charge in [0, 0.05) is 38.9 Å². The molecule has 0 radical (unpaired) electrons. The number of rotatable bonds is 4. The van der Waals surface area contributed by atoms with Gasteiger partial charge in [0.25, 0.3) is 5.91 Å². The lowest BCUT2D eigenvalue weighted by Crippen LogP contribution is -2.49. The minimum absolute atomic E-state index is 0.0442. The van der Waals surface area contributed by atoms with Crippen LogP contribution in [0.25, 0.3) is 0 Å². The number of piperazine rings is 1. The molecule has 2 heterocycles. The molecular weight excluding hydrogens is 314 g/mol. The van der Waals surface area contributed by atoms with Gasteiger partial charge in [0.15, 0.2) is 0 Å². The molecule has 6 heteroatoms. The van der Waals surface area contributed by atoms with E-state index in [1.54, 1.807) is 10.7 Å². The Hall–Kier alpha value is -2.81. The molecule has 0 saturated carbocycles. The van der Waals surface area contributed by atoms with Gasteiger partial charge in [-0.15, -0.1) is 0 Å².